The van der Waals surface area contributed by atoms with Gasteiger partial charge < -0.3 is 14.3 Å². The number of carbonyl (C=O) groups excluding carboxylic acids is 1. The lowest BCUT2D eigenvalue weighted by molar-refractivity contribution is -0.0746. The Hall–Kier alpha value is -1.53. The number of ether oxygens (including phenoxy) is 2. The fourth-order valence-corrected chi connectivity index (χ4v) is 0.418. The summed E-state index contributed by atoms with van der Waals surface area (Å²) in [6.45, 7) is 3.19. The standard InChI is InChI=1S/C5H10N2O5/c1-4(2)11-5(8)9-3-10-7-6-12-7/h4,6H,3H2,1-2H3. The van der Waals surface area contributed by atoms with E-state index in [1.807, 2.05) is 0 Å². The van der Waals surface area contributed by atoms with Gasteiger partial charge in [-0.15, -0.1) is 0 Å². The first kappa shape index (κ1) is 8.57. The van der Waals surface area contributed by atoms with E-state index in [-0.39, 0.29) is 12.9 Å². The van der Waals surface area contributed by atoms with Crippen LogP contribution in [0.2, 0.25) is 0 Å². The highest BCUT2D eigenvalue weighted by atomic mass is 17.0. The first-order valence-corrected chi connectivity index (χ1v) is 3.37. The van der Waals surface area contributed by atoms with Crippen LogP contribution in [0.3, 0.4) is 0 Å². The van der Waals surface area contributed by atoms with E-state index < -0.39 is 6.16 Å². The molecule has 1 aromatic rings. The van der Waals surface area contributed by atoms with E-state index in [0.717, 1.165) is 5.02 Å². The zero-order valence-corrected chi connectivity index (χ0v) is 6.77. The zero-order valence-electron chi connectivity index (χ0n) is 6.77. The Morgan fingerprint density at radius 1 is 1.67 bits per heavy atom. The summed E-state index contributed by atoms with van der Waals surface area (Å²) in [4.78, 5) is 15.2. The van der Waals surface area contributed by atoms with E-state index in [1.54, 1.807) is 13.8 Å². The predicted octanol–water partition coefficient (Wildman–Crippen LogP) is 0.357. The normalized spacial score (nSPS) is 10.2. The van der Waals surface area contributed by atoms with Crippen LogP contribution in [0, 0.1) is 0 Å². The molecule has 70 valence electrons. The summed E-state index contributed by atoms with van der Waals surface area (Å²) in [6, 6.07) is 0. The maximum atomic E-state index is 10.7. The lowest BCUT2D eigenvalue weighted by atomic mass is 10.5. The van der Waals surface area contributed by atoms with Crippen molar-refractivity contribution in [3.05, 3.63) is 0 Å². The van der Waals surface area contributed by atoms with Crippen LogP contribution >= 0.6 is 0 Å². The summed E-state index contributed by atoms with van der Waals surface area (Å²) in [5, 5.41) is 3.16. The average molecular weight is 178 g/mol. The largest absolute Gasteiger partial charge is 0.511 e. The van der Waals surface area contributed by atoms with Crippen LogP contribution in [0.25, 0.3) is 0 Å². The molecule has 0 unspecified atom stereocenters. The van der Waals surface area contributed by atoms with Crippen molar-refractivity contribution >= 4 is 6.16 Å². The monoisotopic (exact) mass is 178 g/mol. The molecule has 0 saturated carbocycles. The first-order valence-electron chi connectivity index (χ1n) is 3.37. The van der Waals surface area contributed by atoms with E-state index >= 15 is 0 Å². The molecular weight excluding hydrogens is 168 g/mol. The lowest BCUT2D eigenvalue weighted by Crippen LogP contribution is -2.18. The number of hydrogen-bond donors (Lipinski definition) is 1. The van der Waals surface area contributed by atoms with Crippen LogP contribution in [0.15, 0.2) is 4.63 Å². The van der Waals surface area contributed by atoms with Gasteiger partial charge >= 0.3 is 6.16 Å². The van der Waals surface area contributed by atoms with Crippen molar-refractivity contribution in [2.45, 2.75) is 20.0 Å². The summed E-state index contributed by atoms with van der Waals surface area (Å²) < 4.78 is 13.4. The fourth-order valence-electron chi connectivity index (χ4n) is 0.418. The van der Waals surface area contributed by atoms with Crippen LogP contribution < -0.4 is 4.84 Å². The minimum Gasteiger partial charge on any atom is -0.431 e. The van der Waals surface area contributed by atoms with Crippen molar-refractivity contribution < 1.29 is 23.7 Å². The van der Waals surface area contributed by atoms with Gasteiger partial charge in [0.25, 0.3) is 6.79 Å². The molecule has 0 fully saturated rings. The Balaban J connectivity index is 1.98. The third-order valence-corrected chi connectivity index (χ3v) is 0.844. The molecule has 0 amide bonds. The second kappa shape index (κ2) is 3.74. The Morgan fingerprint density at radius 3 is 2.83 bits per heavy atom. The van der Waals surface area contributed by atoms with E-state index in [9.17, 15) is 4.79 Å². The number of aromatic amines is 1. The van der Waals surface area contributed by atoms with Crippen LogP contribution in [0.4, 0.5) is 4.79 Å². The quantitative estimate of drug-likeness (QED) is 0.531. The number of nitrogens with zero attached hydrogens (tertiary/aromatic N) is 1. The maximum Gasteiger partial charge on any atom is 0.511 e. The Kier molecular flexibility index (Phi) is 2.67. The van der Waals surface area contributed by atoms with Gasteiger partial charge in [0.05, 0.1) is 11.1 Å². The molecule has 7 heteroatoms. The van der Waals surface area contributed by atoms with Crippen molar-refractivity contribution in [1.82, 2.24) is 10.3 Å². The summed E-state index contributed by atoms with van der Waals surface area (Å²) >= 11 is 0. The number of nitrogens with one attached hydrogen (secondary N) is 1. The van der Waals surface area contributed by atoms with E-state index in [2.05, 4.69) is 24.2 Å². The molecule has 0 saturated heterocycles. The molecule has 0 bridgehead atoms. The van der Waals surface area contributed by atoms with Gasteiger partial charge in [-0.05, 0) is 13.8 Å². The molecule has 1 rings (SSSR count). The van der Waals surface area contributed by atoms with E-state index in [1.165, 1.54) is 0 Å². The smallest absolute Gasteiger partial charge is 0.431 e. The molecule has 1 heterocycles. The molecule has 0 radical (unpaired) electrons. The van der Waals surface area contributed by atoms with E-state index in [4.69, 9.17) is 0 Å². The second-order valence-corrected chi connectivity index (χ2v) is 2.25. The van der Waals surface area contributed by atoms with Gasteiger partial charge in [-0.25, -0.2) is 9.42 Å². The van der Waals surface area contributed by atoms with E-state index in [0.29, 0.717) is 0 Å². The molecule has 0 atom stereocenters. The second-order valence-electron chi connectivity index (χ2n) is 2.25. The Morgan fingerprint density at radius 2 is 2.33 bits per heavy atom. The van der Waals surface area contributed by atoms with Crippen molar-refractivity contribution in [1.29, 1.82) is 0 Å². The minimum absolute atomic E-state index is 0.201. The van der Waals surface area contributed by atoms with Crippen LogP contribution in [-0.2, 0) is 9.47 Å². The molecule has 0 aliphatic rings. The summed E-state index contributed by atoms with van der Waals surface area (Å²) in [6.07, 6.45) is -0.972. The minimum atomic E-state index is -0.771. The van der Waals surface area contributed by atoms with Crippen molar-refractivity contribution in [3.63, 3.8) is 0 Å². The molecule has 0 spiro atoms. The topological polar surface area (TPSA) is 78.6 Å². The third kappa shape index (κ3) is 3.59. The van der Waals surface area contributed by atoms with Crippen molar-refractivity contribution in [2.75, 3.05) is 6.79 Å². The van der Waals surface area contributed by atoms with Crippen molar-refractivity contribution in [3.8, 4) is 0 Å². The lowest BCUT2D eigenvalue weighted by Gasteiger charge is -2.06. The molecule has 0 aliphatic carbocycles. The highest BCUT2D eigenvalue weighted by Gasteiger charge is 2.07. The van der Waals surface area contributed by atoms with Crippen molar-refractivity contribution in [2.24, 2.45) is 0 Å². The van der Waals surface area contributed by atoms with Gasteiger partial charge in [0.15, 0.2) is 0 Å². The summed E-state index contributed by atoms with van der Waals surface area (Å²) in [5.74, 6) is 0. The third-order valence-electron chi connectivity index (χ3n) is 0.844. The number of rotatable bonds is 4. The van der Waals surface area contributed by atoms with Crippen LogP contribution in [0.1, 0.15) is 13.8 Å². The first-order chi connectivity index (χ1) is 5.68. The van der Waals surface area contributed by atoms with Crippen LogP contribution in [0.5, 0.6) is 0 Å². The molecule has 7 nitrogen and oxygen atoms in total. The maximum absolute atomic E-state index is 10.7. The highest BCUT2D eigenvalue weighted by Crippen LogP contribution is 1.92. The fraction of sp³-hybridized carbons (Fsp3) is 0.800. The molecule has 1 aromatic heterocycles. The zero-order chi connectivity index (χ0) is 8.97. The highest BCUT2D eigenvalue weighted by molar-refractivity contribution is 5.59. The number of H-pyrrole nitrogens is 1. The molecule has 0 aliphatic heterocycles. The van der Waals surface area contributed by atoms with Crippen LogP contribution in [-0.4, -0.2) is 29.3 Å². The number of hydrogen-bond acceptors (Lipinski definition) is 5. The summed E-state index contributed by atoms with van der Waals surface area (Å²) in [5.41, 5.74) is 0. The number of aromatic nitrogens is 2. The summed E-state index contributed by atoms with van der Waals surface area (Å²) in [7, 11) is 0. The number of carbonyl (C=O) groups is 1. The van der Waals surface area contributed by atoms with Gasteiger partial charge in [-0.3, -0.25) is 0 Å². The Labute approximate surface area is 68.0 Å². The molecule has 0 aromatic carbocycles. The average Bonchev–Trinajstić information content (AvgIpc) is 2.69. The van der Waals surface area contributed by atoms with Gasteiger partial charge in [-0.1, -0.05) is 5.27 Å². The SMILES string of the molecule is CC(C)OC(=O)OCOn1[nH]o1. The molecule has 1 N–H and O–H groups in total. The molecule has 12 heavy (non-hydrogen) atoms. The predicted molar refractivity (Wildman–Crippen MR) is 35.2 cm³/mol. The van der Waals surface area contributed by atoms with Gasteiger partial charge in [0.2, 0.25) is 0 Å². The molecular formula is C5H10N2O5. The Bertz CT molecular complexity index is 214. The van der Waals surface area contributed by atoms with Gasteiger partial charge in [0, 0.05) is 0 Å². The van der Waals surface area contributed by atoms with Gasteiger partial charge in [0.1, 0.15) is 0 Å². The van der Waals surface area contributed by atoms with Gasteiger partial charge in [-0.2, -0.15) is 0 Å².